The van der Waals surface area contributed by atoms with Gasteiger partial charge in [-0.15, -0.1) is 0 Å². The molecule has 6 heteroatoms. The molecule has 1 fully saturated rings. The number of nitrogens with one attached hydrogen (secondary N) is 1. The van der Waals surface area contributed by atoms with Crippen LogP contribution < -0.4 is 5.32 Å². The first-order chi connectivity index (χ1) is 11.7. The molecule has 2 amide bonds. The lowest BCUT2D eigenvalue weighted by molar-refractivity contribution is 0.157. The smallest absolute Gasteiger partial charge is 0.317 e. The van der Waals surface area contributed by atoms with Gasteiger partial charge in [0.25, 0.3) is 0 Å². The van der Waals surface area contributed by atoms with Gasteiger partial charge in [0.2, 0.25) is 5.89 Å². The molecule has 0 saturated carbocycles. The van der Waals surface area contributed by atoms with E-state index in [9.17, 15) is 9.90 Å². The maximum Gasteiger partial charge on any atom is 0.317 e. The van der Waals surface area contributed by atoms with Gasteiger partial charge < -0.3 is 19.7 Å². The Hall–Kier alpha value is -2.34. The number of urea groups is 1. The van der Waals surface area contributed by atoms with Crippen LogP contribution in [0.2, 0.25) is 0 Å². The normalized spacial score (nSPS) is 17.2. The Labute approximate surface area is 141 Å². The Morgan fingerprint density at radius 3 is 2.96 bits per heavy atom. The minimum Gasteiger partial charge on any atom is -0.444 e. The molecule has 0 spiro atoms. The number of aliphatic hydroxyl groups is 1. The summed E-state index contributed by atoms with van der Waals surface area (Å²) in [6.45, 7) is 3.26. The maximum absolute atomic E-state index is 12.1. The molecule has 0 radical (unpaired) electrons. The first kappa shape index (κ1) is 16.5. The topological polar surface area (TPSA) is 78.6 Å². The first-order valence-corrected chi connectivity index (χ1v) is 8.34. The Balaban J connectivity index is 1.50. The van der Waals surface area contributed by atoms with Crippen molar-refractivity contribution in [3.05, 3.63) is 41.8 Å². The fourth-order valence-electron chi connectivity index (χ4n) is 2.94. The van der Waals surface area contributed by atoms with Crippen molar-refractivity contribution in [3.8, 4) is 11.5 Å². The Kier molecular flexibility index (Phi) is 5.15. The lowest BCUT2D eigenvalue weighted by Crippen LogP contribution is -2.44. The van der Waals surface area contributed by atoms with E-state index in [0.717, 1.165) is 24.1 Å². The Morgan fingerprint density at radius 1 is 1.42 bits per heavy atom. The number of amides is 2. The molecule has 128 valence electrons. The van der Waals surface area contributed by atoms with Crippen LogP contribution in [0, 0.1) is 6.92 Å². The highest BCUT2D eigenvalue weighted by Gasteiger charge is 2.27. The summed E-state index contributed by atoms with van der Waals surface area (Å²) >= 11 is 0. The lowest BCUT2D eigenvalue weighted by Gasteiger charge is -2.23. The third-order valence-electron chi connectivity index (χ3n) is 4.36. The van der Waals surface area contributed by atoms with E-state index in [-0.39, 0.29) is 18.7 Å². The second-order valence-electron chi connectivity index (χ2n) is 6.16. The van der Waals surface area contributed by atoms with E-state index in [1.165, 1.54) is 5.56 Å². The highest BCUT2D eigenvalue weighted by Crippen LogP contribution is 2.19. The molecule has 0 aliphatic carbocycles. The van der Waals surface area contributed by atoms with Gasteiger partial charge in [0.1, 0.15) is 6.26 Å². The van der Waals surface area contributed by atoms with Crippen molar-refractivity contribution in [2.75, 3.05) is 19.7 Å². The van der Waals surface area contributed by atoms with Gasteiger partial charge in [-0.05, 0) is 31.9 Å². The number of hydrogen-bond acceptors (Lipinski definition) is 4. The third kappa shape index (κ3) is 3.76. The van der Waals surface area contributed by atoms with E-state index < -0.39 is 0 Å². The summed E-state index contributed by atoms with van der Waals surface area (Å²) in [4.78, 5) is 18.3. The van der Waals surface area contributed by atoms with Gasteiger partial charge in [0, 0.05) is 25.1 Å². The van der Waals surface area contributed by atoms with E-state index in [4.69, 9.17) is 4.42 Å². The largest absolute Gasteiger partial charge is 0.444 e. The van der Waals surface area contributed by atoms with Crippen molar-refractivity contribution in [2.24, 2.45) is 0 Å². The monoisotopic (exact) mass is 329 g/mol. The zero-order chi connectivity index (χ0) is 16.9. The summed E-state index contributed by atoms with van der Waals surface area (Å²) in [7, 11) is 0. The highest BCUT2D eigenvalue weighted by atomic mass is 16.3. The van der Waals surface area contributed by atoms with E-state index in [0.29, 0.717) is 25.4 Å². The van der Waals surface area contributed by atoms with Crippen LogP contribution in [-0.2, 0) is 6.42 Å². The molecule has 2 N–H and O–H groups in total. The molecule has 6 nitrogen and oxygen atoms in total. The van der Waals surface area contributed by atoms with Gasteiger partial charge in [0.15, 0.2) is 0 Å². The zero-order valence-corrected chi connectivity index (χ0v) is 13.9. The van der Waals surface area contributed by atoms with Crippen molar-refractivity contribution in [2.45, 2.75) is 32.2 Å². The van der Waals surface area contributed by atoms with Crippen LogP contribution in [0.5, 0.6) is 0 Å². The van der Waals surface area contributed by atoms with Crippen LogP contribution in [0.1, 0.15) is 24.1 Å². The fourth-order valence-corrected chi connectivity index (χ4v) is 2.94. The van der Waals surface area contributed by atoms with Crippen LogP contribution in [0.3, 0.4) is 0 Å². The number of aryl methyl sites for hydroxylation is 1. The van der Waals surface area contributed by atoms with Crippen LogP contribution in [0.15, 0.2) is 34.9 Å². The standard InChI is InChI=1S/C18H23N3O3/c1-13-4-6-14(7-5-13)17-20-15(12-24-17)8-9-19-18(23)21-10-2-3-16(21)11-22/h4-7,12,16,22H,2-3,8-11H2,1H3,(H,19,23). The molecule has 1 aromatic heterocycles. The molecule has 2 heterocycles. The molecule has 1 saturated heterocycles. The first-order valence-electron chi connectivity index (χ1n) is 8.34. The lowest BCUT2D eigenvalue weighted by atomic mass is 10.1. The number of carbonyl (C=O) groups excluding carboxylic acids is 1. The van der Waals surface area contributed by atoms with Crippen molar-refractivity contribution >= 4 is 6.03 Å². The van der Waals surface area contributed by atoms with Crippen molar-refractivity contribution in [3.63, 3.8) is 0 Å². The second-order valence-corrected chi connectivity index (χ2v) is 6.16. The number of carbonyl (C=O) groups is 1. The molecule has 0 bridgehead atoms. The minimum atomic E-state index is -0.117. The van der Waals surface area contributed by atoms with Crippen LogP contribution in [0.25, 0.3) is 11.5 Å². The van der Waals surface area contributed by atoms with Gasteiger partial charge in [-0.1, -0.05) is 17.7 Å². The average molecular weight is 329 g/mol. The fraction of sp³-hybridized carbons (Fsp3) is 0.444. The molecule has 1 aliphatic heterocycles. The summed E-state index contributed by atoms with van der Waals surface area (Å²) in [5.74, 6) is 0.594. The molecule has 1 aliphatic rings. The molecule has 1 aromatic carbocycles. The van der Waals surface area contributed by atoms with Gasteiger partial charge in [-0.3, -0.25) is 0 Å². The van der Waals surface area contributed by atoms with Crippen LogP contribution in [0.4, 0.5) is 4.79 Å². The van der Waals surface area contributed by atoms with Gasteiger partial charge >= 0.3 is 6.03 Å². The molecule has 1 atom stereocenters. The van der Waals surface area contributed by atoms with E-state index in [2.05, 4.69) is 10.3 Å². The second kappa shape index (κ2) is 7.49. The summed E-state index contributed by atoms with van der Waals surface area (Å²) in [6.07, 6.45) is 4.06. The van der Waals surface area contributed by atoms with Crippen LogP contribution in [-0.4, -0.2) is 46.8 Å². The van der Waals surface area contributed by atoms with E-state index >= 15 is 0 Å². The Morgan fingerprint density at radius 2 is 2.21 bits per heavy atom. The van der Waals surface area contributed by atoms with E-state index in [1.807, 2.05) is 31.2 Å². The third-order valence-corrected chi connectivity index (χ3v) is 4.36. The number of aliphatic hydroxyl groups excluding tert-OH is 1. The highest BCUT2D eigenvalue weighted by molar-refractivity contribution is 5.74. The number of rotatable bonds is 5. The zero-order valence-electron chi connectivity index (χ0n) is 13.9. The Bertz CT molecular complexity index is 681. The molecular formula is C18H23N3O3. The summed E-state index contributed by atoms with van der Waals surface area (Å²) in [5, 5.41) is 12.2. The number of benzene rings is 1. The summed E-state index contributed by atoms with van der Waals surface area (Å²) < 4.78 is 5.52. The number of aromatic nitrogens is 1. The summed E-state index contributed by atoms with van der Waals surface area (Å²) in [6, 6.07) is 7.84. The van der Waals surface area contributed by atoms with Gasteiger partial charge in [-0.25, -0.2) is 9.78 Å². The van der Waals surface area contributed by atoms with Crippen molar-refractivity contribution in [1.29, 1.82) is 0 Å². The molecular weight excluding hydrogens is 306 g/mol. The van der Waals surface area contributed by atoms with Gasteiger partial charge in [-0.2, -0.15) is 0 Å². The SMILES string of the molecule is Cc1ccc(-c2nc(CCNC(=O)N3CCCC3CO)co2)cc1. The van der Waals surface area contributed by atoms with Gasteiger partial charge in [0.05, 0.1) is 18.3 Å². The molecule has 2 aromatic rings. The number of nitrogens with zero attached hydrogens (tertiary/aromatic N) is 2. The van der Waals surface area contributed by atoms with Crippen molar-refractivity contribution in [1.82, 2.24) is 15.2 Å². The average Bonchev–Trinajstić information content (AvgIpc) is 3.24. The number of likely N-dealkylation sites (tertiary alicyclic amines) is 1. The molecule has 24 heavy (non-hydrogen) atoms. The molecule has 3 rings (SSSR count). The maximum atomic E-state index is 12.1. The predicted octanol–water partition coefficient (Wildman–Crippen LogP) is 2.36. The molecule has 1 unspecified atom stereocenters. The quantitative estimate of drug-likeness (QED) is 0.882. The van der Waals surface area contributed by atoms with Crippen LogP contribution >= 0.6 is 0 Å². The van der Waals surface area contributed by atoms with Crippen molar-refractivity contribution < 1.29 is 14.3 Å². The predicted molar refractivity (Wildman–Crippen MR) is 90.6 cm³/mol. The van der Waals surface area contributed by atoms with E-state index in [1.54, 1.807) is 11.2 Å². The number of oxazole rings is 1. The minimum absolute atomic E-state index is 0.0244. The summed E-state index contributed by atoms with van der Waals surface area (Å²) in [5.41, 5.74) is 2.95. The number of hydrogen-bond donors (Lipinski definition) is 2.